The van der Waals surface area contributed by atoms with Gasteiger partial charge in [0.2, 0.25) is 0 Å². The molecule has 32 heavy (non-hydrogen) atoms. The number of nitrogens with zero attached hydrogens (tertiary/aromatic N) is 3. The fourth-order valence-corrected chi connectivity index (χ4v) is 4.35. The van der Waals surface area contributed by atoms with E-state index in [1.807, 2.05) is 12.1 Å². The molecular weight excluding hydrogens is 540 g/mol. The second-order valence-electron chi connectivity index (χ2n) is 8.69. The van der Waals surface area contributed by atoms with Crippen LogP contribution in [0.5, 0.6) is 0 Å². The number of nitrogens with one attached hydrogen (secondary N) is 2. The van der Waals surface area contributed by atoms with Crippen LogP contribution in [0.3, 0.4) is 0 Å². The Morgan fingerprint density at radius 3 is 2.50 bits per heavy atom. The van der Waals surface area contributed by atoms with Crippen LogP contribution in [0, 0.1) is 5.82 Å². The van der Waals surface area contributed by atoms with Gasteiger partial charge in [-0.1, -0.05) is 32.9 Å². The lowest BCUT2D eigenvalue weighted by Gasteiger charge is -2.35. The van der Waals surface area contributed by atoms with Crippen molar-refractivity contribution < 1.29 is 9.13 Å². The molecule has 1 fully saturated rings. The Bertz CT molecular complexity index is 847. The first-order valence-corrected chi connectivity index (χ1v) is 11.8. The van der Waals surface area contributed by atoms with Crippen molar-refractivity contribution in [2.45, 2.75) is 45.7 Å². The van der Waals surface area contributed by atoms with Crippen molar-refractivity contribution in [2.75, 3.05) is 39.4 Å². The number of morpholine rings is 1. The first kappa shape index (κ1) is 26.9. The normalized spacial score (nSPS) is 16.3. The van der Waals surface area contributed by atoms with Crippen LogP contribution < -0.4 is 10.6 Å². The van der Waals surface area contributed by atoms with Crippen molar-refractivity contribution in [2.24, 2.45) is 4.99 Å². The van der Waals surface area contributed by atoms with Gasteiger partial charge in [0, 0.05) is 37.0 Å². The fraction of sp³-hybridized carbons (Fsp3) is 0.565. The monoisotopic (exact) mass is 575 g/mol. The molecule has 1 unspecified atom stereocenters. The van der Waals surface area contributed by atoms with E-state index in [0.29, 0.717) is 26.3 Å². The van der Waals surface area contributed by atoms with E-state index in [4.69, 9.17) is 14.7 Å². The van der Waals surface area contributed by atoms with E-state index >= 15 is 0 Å². The van der Waals surface area contributed by atoms with Crippen molar-refractivity contribution in [3.63, 3.8) is 0 Å². The topological polar surface area (TPSA) is 61.8 Å². The minimum absolute atomic E-state index is 0. The van der Waals surface area contributed by atoms with Crippen LogP contribution in [-0.4, -0.2) is 55.2 Å². The third-order valence-electron chi connectivity index (χ3n) is 5.14. The SMILES string of the molecule is CCNC(=NCc1csc(C(C)(C)C)n1)NCC(c1ccc(F)cc1)N1CCOCC1.I. The molecule has 0 radical (unpaired) electrons. The Balaban J connectivity index is 0.00000363. The zero-order valence-corrected chi connectivity index (χ0v) is 22.5. The third-order valence-corrected chi connectivity index (χ3v) is 6.46. The molecule has 1 aromatic carbocycles. The summed E-state index contributed by atoms with van der Waals surface area (Å²) in [5.41, 5.74) is 2.12. The highest BCUT2D eigenvalue weighted by atomic mass is 127. The third kappa shape index (κ3) is 7.93. The summed E-state index contributed by atoms with van der Waals surface area (Å²) in [4.78, 5) is 11.9. The summed E-state index contributed by atoms with van der Waals surface area (Å²) < 4.78 is 19.0. The van der Waals surface area contributed by atoms with Gasteiger partial charge in [-0.3, -0.25) is 4.90 Å². The van der Waals surface area contributed by atoms with Crippen molar-refractivity contribution in [1.82, 2.24) is 20.5 Å². The summed E-state index contributed by atoms with van der Waals surface area (Å²) in [6.07, 6.45) is 0. The highest BCUT2D eigenvalue weighted by Gasteiger charge is 2.23. The van der Waals surface area contributed by atoms with Gasteiger partial charge in [-0.15, -0.1) is 35.3 Å². The molecule has 1 aromatic heterocycles. The number of aromatic nitrogens is 1. The largest absolute Gasteiger partial charge is 0.379 e. The van der Waals surface area contributed by atoms with Crippen LogP contribution >= 0.6 is 35.3 Å². The van der Waals surface area contributed by atoms with Gasteiger partial charge in [0.1, 0.15) is 5.82 Å². The first-order valence-electron chi connectivity index (χ1n) is 10.9. The Kier molecular flexibility index (Phi) is 10.8. The Morgan fingerprint density at radius 2 is 1.91 bits per heavy atom. The van der Waals surface area contributed by atoms with E-state index in [9.17, 15) is 4.39 Å². The molecule has 3 rings (SSSR count). The molecule has 1 aliphatic rings. The van der Waals surface area contributed by atoms with E-state index in [0.717, 1.165) is 41.9 Å². The van der Waals surface area contributed by atoms with E-state index in [1.54, 1.807) is 11.3 Å². The lowest BCUT2D eigenvalue weighted by molar-refractivity contribution is 0.0170. The molecule has 2 heterocycles. The maximum Gasteiger partial charge on any atom is 0.191 e. The summed E-state index contributed by atoms with van der Waals surface area (Å²) in [5.74, 6) is 0.540. The highest BCUT2D eigenvalue weighted by Crippen LogP contribution is 2.26. The number of guanidine groups is 1. The molecule has 2 N–H and O–H groups in total. The van der Waals surface area contributed by atoms with Gasteiger partial charge < -0.3 is 15.4 Å². The minimum Gasteiger partial charge on any atom is -0.379 e. The fourth-order valence-electron chi connectivity index (χ4n) is 3.45. The molecule has 178 valence electrons. The van der Waals surface area contributed by atoms with Crippen LogP contribution in [0.15, 0.2) is 34.6 Å². The van der Waals surface area contributed by atoms with Crippen molar-refractivity contribution >= 4 is 41.3 Å². The molecule has 0 spiro atoms. The van der Waals surface area contributed by atoms with Gasteiger partial charge in [0.25, 0.3) is 0 Å². The maximum absolute atomic E-state index is 13.5. The van der Waals surface area contributed by atoms with Crippen LogP contribution in [0.2, 0.25) is 0 Å². The lowest BCUT2D eigenvalue weighted by atomic mass is 9.98. The van der Waals surface area contributed by atoms with Gasteiger partial charge in [-0.2, -0.15) is 0 Å². The van der Waals surface area contributed by atoms with Gasteiger partial charge in [0.05, 0.1) is 36.5 Å². The number of aliphatic imine (C=N–C) groups is 1. The molecule has 0 amide bonds. The predicted molar refractivity (Wildman–Crippen MR) is 141 cm³/mol. The van der Waals surface area contributed by atoms with Gasteiger partial charge in [-0.25, -0.2) is 14.4 Å². The summed E-state index contributed by atoms with van der Waals surface area (Å²) in [5, 5.41) is 10.0. The quantitative estimate of drug-likeness (QED) is 0.293. The molecular formula is C23H35FIN5OS. The summed E-state index contributed by atoms with van der Waals surface area (Å²) in [7, 11) is 0. The Hall–Kier alpha value is -1.30. The minimum atomic E-state index is -0.217. The van der Waals surface area contributed by atoms with Gasteiger partial charge in [0.15, 0.2) is 5.96 Å². The molecule has 0 bridgehead atoms. The molecule has 6 nitrogen and oxygen atoms in total. The second kappa shape index (κ2) is 12.8. The zero-order valence-electron chi connectivity index (χ0n) is 19.4. The number of halogens is 2. The van der Waals surface area contributed by atoms with E-state index < -0.39 is 0 Å². The van der Waals surface area contributed by atoms with Crippen molar-refractivity contribution in [3.05, 3.63) is 51.7 Å². The van der Waals surface area contributed by atoms with E-state index in [-0.39, 0.29) is 41.3 Å². The second-order valence-corrected chi connectivity index (χ2v) is 9.54. The van der Waals surface area contributed by atoms with Crippen molar-refractivity contribution in [3.8, 4) is 0 Å². The van der Waals surface area contributed by atoms with Crippen molar-refractivity contribution in [1.29, 1.82) is 0 Å². The average Bonchev–Trinajstić information content (AvgIpc) is 3.24. The number of hydrogen-bond donors (Lipinski definition) is 2. The molecule has 1 aliphatic heterocycles. The Morgan fingerprint density at radius 1 is 1.22 bits per heavy atom. The standard InChI is InChI=1S/C23H34FN5OS.HI/c1-5-25-22(26-14-19-16-31-21(28-19)23(2,3)4)27-15-20(29-10-12-30-13-11-29)17-6-8-18(24)9-7-17;/h6-9,16,20H,5,10-15H2,1-4H3,(H2,25,26,27);1H. The number of benzene rings is 1. The van der Waals surface area contributed by atoms with Crippen LogP contribution in [0.4, 0.5) is 4.39 Å². The van der Waals surface area contributed by atoms with Crippen LogP contribution in [0.1, 0.15) is 50.0 Å². The molecule has 1 saturated heterocycles. The van der Waals surface area contributed by atoms with Gasteiger partial charge in [-0.05, 0) is 24.6 Å². The predicted octanol–water partition coefficient (Wildman–Crippen LogP) is 4.33. The highest BCUT2D eigenvalue weighted by molar-refractivity contribution is 14.0. The number of hydrogen-bond acceptors (Lipinski definition) is 5. The molecule has 9 heteroatoms. The van der Waals surface area contributed by atoms with E-state index in [1.165, 1.54) is 12.1 Å². The Labute approximate surface area is 212 Å². The van der Waals surface area contributed by atoms with Crippen LogP contribution in [-0.2, 0) is 16.7 Å². The lowest BCUT2D eigenvalue weighted by Crippen LogP contribution is -2.46. The molecule has 1 atom stereocenters. The summed E-state index contributed by atoms with van der Waals surface area (Å²) >= 11 is 1.69. The van der Waals surface area contributed by atoms with Crippen LogP contribution in [0.25, 0.3) is 0 Å². The number of thiazole rings is 1. The van der Waals surface area contributed by atoms with E-state index in [2.05, 4.69) is 48.6 Å². The average molecular weight is 576 g/mol. The summed E-state index contributed by atoms with van der Waals surface area (Å²) in [6.45, 7) is 13.7. The number of ether oxygens (including phenoxy) is 1. The van der Waals surface area contributed by atoms with Gasteiger partial charge >= 0.3 is 0 Å². The molecule has 0 aliphatic carbocycles. The first-order chi connectivity index (χ1) is 14.9. The maximum atomic E-state index is 13.5. The molecule has 2 aromatic rings. The summed E-state index contributed by atoms with van der Waals surface area (Å²) in [6, 6.07) is 6.89. The number of rotatable bonds is 7. The molecule has 0 saturated carbocycles. The zero-order chi connectivity index (χ0) is 22.3. The smallest absolute Gasteiger partial charge is 0.191 e.